The summed E-state index contributed by atoms with van der Waals surface area (Å²) in [6.07, 6.45) is 5.41. The Kier molecular flexibility index (Phi) is 4.96. The number of hydrogen-bond donors (Lipinski definition) is 0. The summed E-state index contributed by atoms with van der Waals surface area (Å²) in [6, 6.07) is 15.2. The zero-order valence-electron chi connectivity index (χ0n) is 17.2. The number of nitrogens with zero attached hydrogens (tertiary/aromatic N) is 3. The Morgan fingerprint density at radius 1 is 1.07 bits per heavy atom. The Hall–Kier alpha value is -2.46. The number of benzene rings is 2. The molecule has 1 amide bonds. The highest BCUT2D eigenvalue weighted by molar-refractivity contribution is 6.07. The number of amides is 1. The summed E-state index contributed by atoms with van der Waals surface area (Å²) in [7, 11) is 1.88. The standard InChI is InChI=1S/C25H29N3O/c1-27-24-14-21-16-26-23(22(21)13-20(24)15-25(27)29)8-7-18-9-11-28(12-10-18)17-19-5-3-2-4-6-19/h2-6,13-14,18H,7-12,15-17H2,1H3/i1-1. The third kappa shape index (κ3) is 3.74. The molecule has 0 atom stereocenters. The van der Waals surface area contributed by atoms with Crippen LogP contribution in [0.15, 0.2) is 47.5 Å². The zero-order chi connectivity index (χ0) is 19.8. The van der Waals surface area contributed by atoms with Crippen LogP contribution in [0.2, 0.25) is 0 Å². The molecule has 0 saturated carbocycles. The molecular weight excluding hydrogens is 357 g/mol. The predicted molar refractivity (Wildman–Crippen MR) is 117 cm³/mol. The van der Waals surface area contributed by atoms with E-state index in [0.717, 1.165) is 31.1 Å². The Morgan fingerprint density at radius 3 is 2.66 bits per heavy atom. The second-order valence-corrected chi connectivity index (χ2v) is 8.77. The van der Waals surface area contributed by atoms with Gasteiger partial charge in [0.05, 0.1) is 13.0 Å². The van der Waals surface area contributed by atoms with Gasteiger partial charge in [0, 0.05) is 30.6 Å². The van der Waals surface area contributed by atoms with Crippen LogP contribution in [0, 0.1) is 5.92 Å². The molecule has 1 saturated heterocycles. The van der Waals surface area contributed by atoms with Crippen molar-refractivity contribution in [2.75, 3.05) is 25.0 Å². The second-order valence-electron chi connectivity index (χ2n) is 8.77. The molecule has 2 aromatic carbocycles. The van der Waals surface area contributed by atoms with Crippen LogP contribution in [0.25, 0.3) is 0 Å². The summed E-state index contributed by atoms with van der Waals surface area (Å²) >= 11 is 0. The number of hydrogen-bond acceptors (Lipinski definition) is 3. The number of likely N-dealkylation sites (tertiary alicyclic amines) is 1. The van der Waals surface area contributed by atoms with Gasteiger partial charge in [-0.25, -0.2) is 0 Å². The lowest BCUT2D eigenvalue weighted by atomic mass is 9.89. The molecule has 0 N–H and O–H groups in total. The molecule has 29 heavy (non-hydrogen) atoms. The summed E-state index contributed by atoms with van der Waals surface area (Å²) in [6.45, 7) is 4.25. The normalized spacial score (nSPS) is 19.4. The maximum absolute atomic E-state index is 12.0. The SMILES string of the molecule is [11CH3]N1C(=O)Cc2cc3c(cc21)CN=C3CCC1CCN(Cc2ccccc2)CC1. The molecule has 1 fully saturated rings. The van der Waals surface area contributed by atoms with Gasteiger partial charge in [0.2, 0.25) is 5.91 Å². The van der Waals surface area contributed by atoms with E-state index in [-0.39, 0.29) is 5.91 Å². The Morgan fingerprint density at radius 2 is 1.86 bits per heavy atom. The average molecular weight is 387 g/mol. The predicted octanol–water partition coefficient (Wildman–Crippen LogP) is 4.20. The van der Waals surface area contributed by atoms with Crippen LogP contribution in [0.4, 0.5) is 5.69 Å². The van der Waals surface area contributed by atoms with Gasteiger partial charge in [-0.3, -0.25) is 14.7 Å². The van der Waals surface area contributed by atoms with Crippen LogP contribution in [0.1, 0.15) is 47.9 Å². The molecule has 0 unspecified atom stereocenters. The summed E-state index contributed by atoms with van der Waals surface area (Å²) in [5, 5.41) is 0. The van der Waals surface area contributed by atoms with Crippen molar-refractivity contribution in [1.82, 2.24) is 4.90 Å². The minimum Gasteiger partial charge on any atom is -0.315 e. The number of piperidine rings is 1. The largest absolute Gasteiger partial charge is 0.315 e. The molecule has 5 rings (SSSR count). The van der Waals surface area contributed by atoms with Gasteiger partial charge in [-0.05, 0) is 73.5 Å². The molecule has 0 bridgehead atoms. The van der Waals surface area contributed by atoms with Gasteiger partial charge in [-0.1, -0.05) is 30.3 Å². The molecule has 0 radical (unpaired) electrons. The fraction of sp³-hybridized carbons (Fsp3) is 0.440. The van der Waals surface area contributed by atoms with E-state index in [1.54, 1.807) is 4.90 Å². The summed E-state index contributed by atoms with van der Waals surface area (Å²) < 4.78 is 0. The average Bonchev–Trinajstić information content (AvgIpc) is 3.27. The number of fused-ring (bicyclic) bond motifs is 2. The van der Waals surface area contributed by atoms with E-state index >= 15 is 0 Å². The van der Waals surface area contributed by atoms with Crippen molar-refractivity contribution in [3.05, 3.63) is 64.7 Å². The van der Waals surface area contributed by atoms with E-state index < -0.39 is 0 Å². The van der Waals surface area contributed by atoms with Gasteiger partial charge in [-0.15, -0.1) is 0 Å². The fourth-order valence-electron chi connectivity index (χ4n) is 5.04. The molecule has 3 aliphatic rings. The van der Waals surface area contributed by atoms with Crippen LogP contribution in [-0.4, -0.2) is 36.7 Å². The van der Waals surface area contributed by atoms with Gasteiger partial charge >= 0.3 is 0 Å². The number of carbonyl (C=O) groups excluding carboxylic acids is 1. The van der Waals surface area contributed by atoms with Gasteiger partial charge in [0.15, 0.2) is 0 Å². The van der Waals surface area contributed by atoms with Crippen molar-refractivity contribution < 1.29 is 4.79 Å². The van der Waals surface area contributed by atoms with Crippen molar-refractivity contribution in [3.8, 4) is 0 Å². The van der Waals surface area contributed by atoms with Gasteiger partial charge in [0.25, 0.3) is 0 Å². The highest BCUT2D eigenvalue weighted by Crippen LogP contribution is 2.35. The van der Waals surface area contributed by atoms with E-state index in [0.29, 0.717) is 6.42 Å². The lowest BCUT2D eigenvalue weighted by molar-refractivity contribution is -0.117. The monoisotopic (exact) mass is 386 g/mol. The van der Waals surface area contributed by atoms with Gasteiger partial charge < -0.3 is 4.90 Å². The number of carbonyl (C=O) groups is 1. The highest BCUT2D eigenvalue weighted by Gasteiger charge is 2.28. The quantitative estimate of drug-likeness (QED) is 0.772. The van der Waals surface area contributed by atoms with E-state index in [9.17, 15) is 4.79 Å². The molecule has 4 nitrogen and oxygen atoms in total. The lowest BCUT2D eigenvalue weighted by Gasteiger charge is -2.32. The van der Waals surface area contributed by atoms with Crippen molar-refractivity contribution in [2.45, 2.75) is 45.2 Å². The molecule has 2 aromatic rings. The summed E-state index contributed by atoms with van der Waals surface area (Å²) in [5.41, 5.74) is 7.51. The van der Waals surface area contributed by atoms with Crippen LogP contribution < -0.4 is 4.90 Å². The number of aliphatic imine (C=N–C) groups is 1. The fourth-order valence-corrected chi connectivity index (χ4v) is 5.04. The Labute approximate surface area is 173 Å². The first-order valence-corrected chi connectivity index (χ1v) is 10.9. The first-order chi connectivity index (χ1) is 14.2. The third-order valence-electron chi connectivity index (χ3n) is 6.88. The molecule has 150 valence electrons. The minimum atomic E-state index is 0.199. The lowest BCUT2D eigenvalue weighted by Crippen LogP contribution is -2.33. The van der Waals surface area contributed by atoms with Crippen molar-refractivity contribution in [1.29, 1.82) is 0 Å². The van der Waals surface area contributed by atoms with E-state index in [4.69, 9.17) is 4.99 Å². The summed E-state index contributed by atoms with van der Waals surface area (Å²) in [5.74, 6) is 1.00. The van der Waals surface area contributed by atoms with Crippen LogP contribution in [0.5, 0.6) is 0 Å². The smallest absolute Gasteiger partial charge is 0.231 e. The van der Waals surface area contributed by atoms with Crippen molar-refractivity contribution in [3.63, 3.8) is 0 Å². The Bertz CT molecular complexity index is 942. The molecule has 3 aliphatic heterocycles. The van der Waals surface area contributed by atoms with Crippen molar-refractivity contribution >= 4 is 17.3 Å². The topological polar surface area (TPSA) is 35.9 Å². The molecule has 0 aliphatic carbocycles. The van der Waals surface area contributed by atoms with Crippen LogP contribution in [-0.2, 0) is 24.3 Å². The van der Waals surface area contributed by atoms with E-state index in [1.165, 1.54) is 60.3 Å². The molecular formula is C25H29N3O. The minimum absolute atomic E-state index is 0.199. The first-order valence-electron chi connectivity index (χ1n) is 10.9. The van der Waals surface area contributed by atoms with E-state index in [2.05, 4.69) is 47.4 Å². The maximum atomic E-state index is 12.0. The number of anilines is 1. The number of rotatable bonds is 5. The van der Waals surface area contributed by atoms with Gasteiger partial charge in [0.1, 0.15) is 0 Å². The molecule has 0 aromatic heterocycles. The van der Waals surface area contributed by atoms with E-state index in [1.807, 2.05) is 7.05 Å². The molecule has 4 heteroatoms. The molecule has 0 spiro atoms. The van der Waals surface area contributed by atoms with Crippen LogP contribution >= 0.6 is 0 Å². The summed E-state index contributed by atoms with van der Waals surface area (Å²) in [4.78, 5) is 21.2. The first kappa shape index (κ1) is 18.6. The Balaban J connectivity index is 1.15. The molecule has 3 heterocycles. The van der Waals surface area contributed by atoms with Crippen molar-refractivity contribution in [2.24, 2.45) is 10.9 Å². The zero-order valence-corrected chi connectivity index (χ0v) is 17.2. The number of likely N-dealkylation sites (N-methyl/N-ethyl adjacent to an activating group) is 1. The maximum Gasteiger partial charge on any atom is 0.231 e. The van der Waals surface area contributed by atoms with Crippen LogP contribution in [0.3, 0.4) is 0 Å². The highest BCUT2D eigenvalue weighted by atomic mass is 16.2. The second kappa shape index (κ2) is 7.75. The van der Waals surface area contributed by atoms with Gasteiger partial charge in [-0.2, -0.15) is 0 Å². The third-order valence-corrected chi connectivity index (χ3v) is 6.88.